The maximum absolute atomic E-state index is 12.2. The molecule has 26 heavy (non-hydrogen) atoms. The Bertz CT molecular complexity index is 878. The summed E-state index contributed by atoms with van der Waals surface area (Å²) in [7, 11) is 0. The van der Waals surface area contributed by atoms with Crippen molar-refractivity contribution >= 4 is 23.0 Å². The zero-order valence-electron chi connectivity index (χ0n) is 15.5. The first-order valence-electron chi connectivity index (χ1n) is 8.37. The number of nitrogens with one attached hydrogen (secondary N) is 1. The number of fused-ring (bicyclic) bond motifs is 1. The fourth-order valence-electron chi connectivity index (χ4n) is 2.31. The number of aryl methyl sites for hydroxylation is 1. The molecule has 140 valence electrons. The average molecular weight is 361 g/mol. The van der Waals surface area contributed by atoms with E-state index in [4.69, 9.17) is 13.9 Å². The Labute approximate surface area is 151 Å². The van der Waals surface area contributed by atoms with Crippen LogP contribution in [0.15, 0.2) is 33.5 Å². The Morgan fingerprint density at radius 3 is 2.54 bits per heavy atom. The molecule has 1 heterocycles. The highest BCUT2D eigenvalue weighted by molar-refractivity contribution is 5.85. The van der Waals surface area contributed by atoms with E-state index in [1.807, 2.05) is 6.92 Å². The molecule has 0 aliphatic rings. The number of carbonyl (C=O) groups is 2. The highest BCUT2D eigenvalue weighted by Gasteiger charge is 2.22. The van der Waals surface area contributed by atoms with Crippen LogP contribution in [0.2, 0.25) is 0 Å². The molecule has 0 saturated carbocycles. The van der Waals surface area contributed by atoms with Crippen LogP contribution in [0.1, 0.15) is 40.2 Å². The molecule has 1 aromatic heterocycles. The van der Waals surface area contributed by atoms with Gasteiger partial charge in [-0.25, -0.2) is 14.4 Å². The highest BCUT2D eigenvalue weighted by Crippen LogP contribution is 2.23. The van der Waals surface area contributed by atoms with Crippen molar-refractivity contribution in [2.45, 2.75) is 52.7 Å². The Morgan fingerprint density at radius 2 is 1.92 bits per heavy atom. The van der Waals surface area contributed by atoms with Crippen LogP contribution in [0.5, 0.6) is 5.75 Å². The summed E-state index contributed by atoms with van der Waals surface area (Å²) in [5.41, 5.74) is 0.0694. The second kappa shape index (κ2) is 7.59. The number of amides is 1. The van der Waals surface area contributed by atoms with Crippen LogP contribution in [0.3, 0.4) is 0 Å². The van der Waals surface area contributed by atoms with Crippen molar-refractivity contribution in [1.82, 2.24) is 5.32 Å². The second-order valence-electron chi connectivity index (χ2n) is 6.89. The van der Waals surface area contributed by atoms with Crippen LogP contribution >= 0.6 is 0 Å². The Balaban J connectivity index is 2.11. The Hall–Kier alpha value is -2.83. The predicted octanol–water partition coefficient (Wildman–Crippen LogP) is 3.17. The first kappa shape index (κ1) is 19.5. The number of benzene rings is 1. The zero-order valence-corrected chi connectivity index (χ0v) is 15.5. The van der Waals surface area contributed by atoms with Crippen LogP contribution in [0.25, 0.3) is 11.0 Å². The summed E-state index contributed by atoms with van der Waals surface area (Å²) in [6, 6.07) is 5.36. The fraction of sp³-hybridized carbons (Fsp3) is 0.421. The zero-order chi connectivity index (χ0) is 19.5. The molecule has 2 aromatic rings. The Morgan fingerprint density at radius 1 is 1.23 bits per heavy atom. The van der Waals surface area contributed by atoms with E-state index in [0.29, 0.717) is 12.0 Å². The van der Waals surface area contributed by atoms with Gasteiger partial charge >= 0.3 is 17.7 Å². The van der Waals surface area contributed by atoms with Crippen LogP contribution in [0, 0.1) is 0 Å². The van der Waals surface area contributed by atoms with Gasteiger partial charge in [0.25, 0.3) is 0 Å². The Kier molecular flexibility index (Phi) is 5.69. The van der Waals surface area contributed by atoms with E-state index >= 15 is 0 Å². The molecule has 1 atom stereocenters. The molecule has 0 aliphatic heterocycles. The first-order valence-corrected chi connectivity index (χ1v) is 8.37. The molecular formula is C19H23NO6. The van der Waals surface area contributed by atoms with Crippen molar-refractivity contribution in [1.29, 1.82) is 0 Å². The van der Waals surface area contributed by atoms with Gasteiger partial charge in [0.05, 0.1) is 0 Å². The van der Waals surface area contributed by atoms with E-state index in [0.717, 1.165) is 10.9 Å². The van der Waals surface area contributed by atoms with Gasteiger partial charge in [-0.1, -0.05) is 6.92 Å². The van der Waals surface area contributed by atoms with E-state index in [9.17, 15) is 14.4 Å². The third-order valence-corrected chi connectivity index (χ3v) is 3.49. The summed E-state index contributed by atoms with van der Waals surface area (Å²) in [4.78, 5) is 35.5. The van der Waals surface area contributed by atoms with E-state index < -0.39 is 29.3 Å². The largest absolute Gasteiger partial charge is 0.444 e. The van der Waals surface area contributed by atoms with Crippen molar-refractivity contribution in [3.05, 3.63) is 40.2 Å². The highest BCUT2D eigenvalue weighted by atomic mass is 16.6. The first-order chi connectivity index (χ1) is 12.1. The molecule has 0 radical (unpaired) electrons. The molecule has 0 spiro atoms. The van der Waals surface area contributed by atoms with E-state index in [1.54, 1.807) is 32.9 Å². The maximum atomic E-state index is 12.2. The lowest BCUT2D eigenvalue weighted by Crippen LogP contribution is -2.43. The van der Waals surface area contributed by atoms with Crippen LogP contribution < -0.4 is 15.7 Å². The lowest BCUT2D eigenvalue weighted by molar-refractivity contribution is -0.136. The van der Waals surface area contributed by atoms with Gasteiger partial charge in [0.2, 0.25) is 0 Å². The van der Waals surface area contributed by atoms with Crippen molar-refractivity contribution in [3.63, 3.8) is 0 Å². The summed E-state index contributed by atoms with van der Waals surface area (Å²) < 4.78 is 15.5. The van der Waals surface area contributed by atoms with Gasteiger partial charge in [-0.3, -0.25) is 0 Å². The van der Waals surface area contributed by atoms with Crippen molar-refractivity contribution in [2.75, 3.05) is 0 Å². The molecule has 1 aromatic carbocycles. The maximum Gasteiger partial charge on any atom is 0.408 e. The van der Waals surface area contributed by atoms with Gasteiger partial charge < -0.3 is 19.2 Å². The number of hydrogen-bond donors (Lipinski definition) is 1. The fourth-order valence-corrected chi connectivity index (χ4v) is 2.31. The summed E-state index contributed by atoms with van der Waals surface area (Å²) >= 11 is 0. The van der Waals surface area contributed by atoms with E-state index in [1.165, 1.54) is 19.1 Å². The van der Waals surface area contributed by atoms with E-state index in [-0.39, 0.29) is 5.75 Å². The summed E-state index contributed by atoms with van der Waals surface area (Å²) in [5.74, 6) is -0.444. The normalized spacial score (nSPS) is 12.5. The minimum absolute atomic E-state index is 0.219. The molecule has 1 amide bonds. The van der Waals surface area contributed by atoms with Gasteiger partial charge in [-0.15, -0.1) is 0 Å². The van der Waals surface area contributed by atoms with Crippen molar-refractivity contribution < 1.29 is 23.5 Å². The SMILES string of the molecule is CCc1cc(=O)oc2cc(OC(=O)C(C)NC(=O)OC(C)(C)C)ccc12. The number of hydrogen-bond acceptors (Lipinski definition) is 6. The molecule has 0 saturated heterocycles. The van der Waals surface area contributed by atoms with Gasteiger partial charge in [0.15, 0.2) is 0 Å². The van der Waals surface area contributed by atoms with Crippen molar-refractivity contribution in [3.8, 4) is 5.75 Å². The smallest absolute Gasteiger partial charge is 0.408 e. The third kappa shape index (κ3) is 5.08. The second-order valence-corrected chi connectivity index (χ2v) is 6.89. The van der Waals surface area contributed by atoms with Gasteiger partial charge in [-0.05, 0) is 51.8 Å². The number of carbonyl (C=O) groups excluding carboxylic acids is 2. The molecule has 7 nitrogen and oxygen atoms in total. The number of alkyl carbamates (subject to hydrolysis) is 1. The summed E-state index contributed by atoms with van der Waals surface area (Å²) in [6.07, 6.45) is -0.0306. The number of ether oxygens (including phenoxy) is 2. The molecule has 2 rings (SSSR count). The molecule has 1 unspecified atom stereocenters. The molecular weight excluding hydrogens is 338 g/mol. The molecule has 0 aliphatic carbocycles. The van der Waals surface area contributed by atoms with Crippen molar-refractivity contribution in [2.24, 2.45) is 0 Å². The topological polar surface area (TPSA) is 94.8 Å². The lowest BCUT2D eigenvalue weighted by atomic mass is 10.1. The van der Waals surface area contributed by atoms with E-state index in [2.05, 4.69) is 5.32 Å². The molecule has 0 fully saturated rings. The molecule has 1 N–H and O–H groups in total. The van der Waals surface area contributed by atoms with Gasteiger partial charge in [-0.2, -0.15) is 0 Å². The average Bonchev–Trinajstić information content (AvgIpc) is 2.51. The standard InChI is InChI=1S/C19H23NO6/c1-6-12-9-16(21)25-15-10-13(7-8-14(12)15)24-17(22)11(2)20-18(23)26-19(3,4)5/h7-11H,6H2,1-5H3,(H,20,23). The summed E-state index contributed by atoms with van der Waals surface area (Å²) in [6.45, 7) is 8.60. The molecule has 0 bridgehead atoms. The van der Waals surface area contributed by atoms with Crippen LogP contribution in [-0.2, 0) is 16.0 Å². The minimum atomic E-state index is -0.908. The number of rotatable bonds is 4. The predicted molar refractivity (Wildman–Crippen MR) is 96.3 cm³/mol. The lowest BCUT2D eigenvalue weighted by Gasteiger charge is -2.21. The van der Waals surface area contributed by atoms with Gasteiger partial charge in [0, 0.05) is 17.5 Å². The number of esters is 1. The third-order valence-electron chi connectivity index (χ3n) is 3.49. The summed E-state index contributed by atoms with van der Waals surface area (Å²) in [5, 5.41) is 3.20. The van der Waals surface area contributed by atoms with Crippen LogP contribution in [-0.4, -0.2) is 23.7 Å². The van der Waals surface area contributed by atoms with Gasteiger partial charge in [0.1, 0.15) is 23.0 Å². The monoisotopic (exact) mass is 361 g/mol. The molecule has 7 heteroatoms. The minimum Gasteiger partial charge on any atom is -0.444 e. The quantitative estimate of drug-likeness (QED) is 0.511. The van der Waals surface area contributed by atoms with Crippen LogP contribution in [0.4, 0.5) is 4.79 Å².